The molecule has 1 atom stereocenters. The molecule has 8 nitrogen and oxygen atoms in total. The Bertz CT molecular complexity index is 602. The molecule has 1 N–H and O–H groups in total. The van der Waals surface area contributed by atoms with Crippen molar-refractivity contribution in [1.29, 1.82) is 0 Å². The molecule has 1 amide bonds. The van der Waals surface area contributed by atoms with Gasteiger partial charge in [-0.25, -0.2) is 8.42 Å². The van der Waals surface area contributed by atoms with Gasteiger partial charge in [0.2, 0.25) is 10.0 Å². The van der Waals surface area contributed by atoms with Gasteiger partial charge in [-0.1, -0.05) is 0 Å². The van der Waals surface area contributed by atoms with E-state index >= 15 is 0 Å². The van der Waals surface area contributed by atoms with E-state index < -0.39 is 15.6 Å². The van der Waals surface area contributed by atoms with Gasteiger partial charge in [-0.05, 0) is 19.4 Å². The van der Waals surface area contributed by atoms with E-state index in [1.807, 2.05) is 12.3 Å². The minimum Gasteiger partial charge on any atom is -0.363 e. The first kappa shape index (κ1) is 16.9. The smallest absolute Gasteiger partial charge is 0.253 e. The molecule has 0 saturated carbocycles. The molecule has 0 aliphatic carbocycles. The topological polar surface area (TPSA) is 93.5 Å². The average Bonchev–Trinajstić information content (AvgIpc) is 2.95. The molecule has 22 heavy (non-hydrogen) atoms. The summed E-state index contributed by atoms with van der Waals surface area (Å²) >= 11 is 0. The van der Waals surface area contributed by atoms with E-state index in [9.17, 15) is 13.2 Å². The molecule has 1 fully saturated rings. The van der Waals surface area contributed by atoms with E-state index in [-0.39, 0.29) is 25.6 Å². The molecular formula is C13H22N4O4S. The summed E-state index contributed by atoms with van der Waals surface area (Å²) in [5, 5.41) is 6.88. The molecule has 124 valence electrons. The Morgan fingerprint density at radius 1 is 1.50 bits per heavy atom. The monoisotopic (exact) mass is 330 g/mol. The zero-order valence-corrected chi connectivity index (χ0v) is 13.7. The zero-order chi connectivity index (χ0) is 16.2. The fourth-order valence-corrected chi connectivity index (χ4v) is 3.20. The van der Waals surface area contributed by atoms with Gasteiger partial charge >= 0.3 is 0 Å². The summed E-state index contributed by atoms with van der Waals surface area (Å²) in [5.74, 6) is -0.290. The van der Waals surface area contributed by atoms with E-state index in [4.69, 9.17) is 4.74 Å². The lowest BCUT2D eigenvalue weighted by Gasteiger charge is -2.37. The molecule has 2 heterocycles. The van der Waals surface area contributed by atoms with Crippen LogP contribution >= 0.6 is 0 Å². The molecule has 1 aromatic heterocycles. The number of aromatic nitrogens is 2. The van der Waals surface area contributed by atoms with E-state index in [0.717, 1.165) is 12.7 Å². The largest absolute Gasteiger partial charge is 0.363 e. The van der Waals surface area contributed by atoms with E-state index in [0.29, 0.717) is 13.1 Å². The molecule has 0 spiro atoms. The van der Waals surface area contributed by atoms with Crippen molar-refractivity contribution in [3.63, 3.8) is 0 Å². The first-order chi connectivity index (χ1) is 10.3. The number of nitrogens with zero attached hydrogens (tertiary/aromatic N) is 3. The summed E-state index contributed by atoms with van der Waals surface area (Å²) in [6.45, 7) is 3.34. The first-order valence-corrected chi connectivity index (χ1v) is 9.01. The number of aryl methyl sites for hydroxylation is 1. The Labute approximate surface area is 130 Å². The molecule has 1 aromatic rings. The third kappa shape index (κ3) is 4.28. The molecular weight excluding hydrogens is 308 g/mol. The van der Waals surface area contributed by atoms with Crippen molar-refractivity contribution in [2.24, 2.45) is 0 Å². The Hall–Kier alpha value is -1.45. The minimum atomic E-state index is -3.32. The van der Waals surface area contributed by atoms with Gasteiger partial charge < -0.3 is 10.1 Å². The summed E-state index contributed by atoms with van der Waals surface area (Å²) in [4.78, 5) is 12.3. The molecule has 1 aliphatic heterocycles. The van der Waals surface area contributed by atoms with Gasteiger partial charge in [-0.2, -0.15) is 9.40 Å². The molecule has 9 heteroatoms. The lowest BCUT2D eigenvalue weighted by molar-refractivity contribution is -0.152. The van der Waals surface area contributed by atoms with E-state index in [2.05, 4.69) is 10.4 Å². The molecule has 1 aliphatic rings. The second kappa shape index (κ2) is 6.76. The summed E-state index contributed by atoms with van der Waals surface area (Å²) in [6, 6.07) is 1.84. The van der Waals surface area contributed by atoms with Crippen molar-refractivity contribution in [3.05, 3.63) is 18.5 Å². The number of carbonyl (C=O) groups excluding carboxylic acids is 1. The number of nitrogens with one attached hydrogen (secondary N) is 1. The van der Waals surface area contributed by atoms with Crippen LogP contribution in [0.1, 0.15) is 13.3 Å². The van der Waals surface area contributed by atoms with Gasteiger partial charge in [0.1, 0.15) is 0 Å². The molecule has 0 radical (unpaired) electrons. The third-order valence-electron chi connectivity index (χ3n) is 3.60. The highest BCUT2D eigenvalue weighted by atomic mass is 32.2. The number of morpholine rings is 1. The molecule has 0 aromatic carbocycles. The highest BCUT2D eigenvalue weighted by Gasteiger charge is 2.41. The van der Waals surface area contributed by atoms with Crippen LogP contribution in [-0.4, -0.2) is 66.5 Å². The maximum atomic E-state index is 12.3. The second-order valence-electron chi connectivity index (χ2n) is 5.55. The lowest BCUT2D eigenvalue weighted by Crippen LogP contribution is -2.59. The number of amides is 1. The maximum absolute atomic E-state index is 12.3. The summed E-state index contributed by atoms with van der Waals surface area (Å²) < 4.78 is 31.8. The minimum absolute atomic E-state index is 0.0385. The number of hydrogen-bond acceptors (Lipinski definition) is 5. The third-order valence-corrected chi connectivity index (χ3v) is 4.85. The number of rotatable bonds is 6. The number of ether oxygens (including phenoxy) is 1. The molecule has 0 bridgehead atoms. The van der Waals surface area contributed by atoms with Crippen molar-refractivity contribution in [1.82, 2.24) is 19.4 Å². The Morgan fingerprint density at radius 3 is 2.91 bits per heavy atom. The number of hydrogen-bond donors (Lipinski definition) is 1. The fraction of sp³-hybridized carbons (Fsp3) is 0.692. The van der Waals surface area contributed by atoms with Gasteiger partial charge in [0.15, 0.2) is 5.60 Å². The van der Waals surface area contributed by atoms with Crippen LogP contribution < -0.4 is 5.32 Å². The van der Waals surface area contributed by atoms with Crippen LogP contribution in [0.15, 0.2) is 18.5 Å². The van der Waals surface area contributed by atoms with Gasteiger partial charge in [0.25, 0.3) is 5.91 Å². The van der Waals surface area contributed by atoms with Crippen LogP contribution in [0.25, 0.3) is 0 Å². The standard InChI is InChI=1S/C13H22N4O4S/c1-13(11-17(9-10-21-13)22(2,19)20)12(18)14-5-3-7-16-8-4-6-15-16/h4,6,8H,3,5,7,9-11H2,1-2H3,(H,14,18)/t13-/m0/s1. The Kier molecular flexibility index (Phi) is 5.20. The first-order valence-electron chi connectivity index (χ1n) is 7.16. The van der Waals surface area contributed by atoms with E-state index in [1.165, 1.54) is 4.31 Å². The highest BCUT2D eigenvalue weighted by Crippen LogP contribution is 2.19. The fourth-order valence-electron chi connectivity index (χ4n) is 2.32. The average molecular weight is 330 g/mol. The van der Waals surface area contributed by atoms with Crippen LogP contribution in [0.2, 0.25) is 0 Å². The quantitative estimate of drug-likeness (QED) is 0.706. The van der Waals surface area contributed by atoms with Gasteiger partial charge in [-0.3, -0.25) is 9.48 Å². The maximum Gasteiger partial charge on any atom is 0.253 e. The lowest BCUT2D eigenvalue weighted by atomic mass is 10.0. The van der Waals surface area contributed by atoms with Gasteiger partial charge in [-0.15, -0.1) is 0 Å². The van der Waals surface area contributed by atoms with Crippen molar-refractivity contribution >= 4 is 15.9 Å². The van der Waals surface area contributed by atoms with Gasteiger partial charge in [0.05, 0.1) is 19.4 Å². The number of sulfonamides is 1. The van der Waals surface area contributed by atoms with Crippen molar-refractivity contribution in [2.45, 2.75) is 25.5 Å². The molecule has 0 unspecified atom stereocenters. The van der Waals surface area contributed by atoms with Crippen LogP contribution in [-0.2, 0) is 26.1 Å². The van der Waals surface area contributed by atoms with Crippen molar-refractivity contribution in [3.8, 4) is 0 Å². The van der Waals surface area contributed by atoms with Crippen LogP contribution in [0, 0.1) is 0 Å². The second-order valence-corrected chi connectivity index (χ2v) is 7.54. The predicted molar refractivity (Wildman–Crippen MR) is 80.6 cm³/mol. The SMILES string of the molecule is C[C@@]1(C(=O)NCCCn2cccn2)CN(S(C)(=O)=O)CCO1. The van der Waals surface area contributed by atoms with Crippen LogP contribution in [0.5, 0.6) is 0 Å². The van der Waals surface area contributed by atoms with Crippen LogP contribution in [0.4, 0.5) is 0 Å². The Morgan fingerprint density at radius 2 is 2.27 bits per heavy atom. The zero-order valence-electron chi connectivity index (χ0n) is 12.9. The van der Waals surface area contributed by atoms with E-state index in [1.54, 1.807) is 17.8 Å². The summed E-state index contributed by atoms with van der Waals surface area (Å²) in [5.41, 5.74) is -1.15. The highest BCUT2D eigenvalue weighted by molar-refractivity contribution is 7.88. The predicted octanol–water partition coefficient (Wildman–Crippen LogP) is -0.560. The van der Waals surface area contributed by atoms with Crippen LogP contribution in [0.3, 0.4) is 0 Å². The van der Waals surface area contributed by atoms with Crippen molar-refractivity contribution < 1.29 is 17.9 Å². The normalized spacial score (nSPS) is 23.4. The van der Waals surface area contributed by atoms with Crippen molar-refractivity contribution in [2.75, 3.05) is 32.5 Å². The number of carbonyl (C=O) groups is 1. The van der Waals surface area contributed by atoms with Gasteiger partial charge in [0, 0.05) is 32.0 Å². The molecule has 1 saturated heterocycles. The molecule has 2 rings (SSSR count). The summed E-state index contributed by atoms with van der Waals surface area (Å²) in [6.07, 6.45) is 5.44. The Balaban J connectivity index is 1.82. The summed E-state index contributed by atoms with van der Waals surface area (Å²) in [7, 11) is -3.32.